The van der Waals surface area contributed by atoms with Gasteiger partial charge in [0, 0.05) is 14.3 Å². The van der Waals surface area contributed by atoms with E-state index in [-0.39, 0.29) is 11.2 Å². The molecule has 0 aliphatic heterocycles. The summed E-state index contributed by atoms with van der Waals surface area (Å²) in [6.07, 6.45) is 0.732. The zero-order valence-electron chi connectivity index (χ0n) is 9.40. The second-order valence-electron chi connectivity index (χ2n) is 4.10. The average molecular weight is 297 g/mol. The number of alkyl halides is 1. The fraction of sp³-hybridized carbons (Fsp3) is 0.143. The summed E-state index contributed by atoms with van der Waals surface area (Å²) in [4.78, 5) is 1.18. The van der Waals surface area contributed by atoms with Crippen LogP contribution in [-0.4, -0.2) is 0 Å². The summed E-state index contributed by atoms with van der Waals surface area (Å²) in [7, 11) is 0. The molecular weight excluding hydrogens is 287 g/mol. The lowest BCUT2D eigenvalue weighted by Gasteiger charge is -2.06. The highest BCUT2D eigenvalue weighted by atomic mass is 35.5. The van der Waals surface area contributed by atoms with Crippen molar-refractivity contribution in [2.75, 3.05) is 0 Å². The standard InChI is InChI=1S/C14H10ClFS2/c15-11(7-9-1-3-10(16)4-2-9)13-8-14-12(18-13)5-6-17-14/h1-6,8,11H,7H2. The first-order valence-corrected chi connectivity index (χ1v) is 7.71. The number of rotatable bonds is 3. The molecule has 92 valence electrons. The van der Waals surface area contributed by atoms with Crippen molar-refractivity contribution in [1.29, 1.82) is 0 Å². The molecule has 1 unspecified atom stereocenters. The van der Waals surface area contributed by atoms with Crippen molar-refractivity contribution in [3.8, 4) is 0 Å². The molecule has 0 bridgehead atoms. The van der Waals surface area contributed by atoms with Crippen molar-refractivity contribution < 1.29 is 4.39 Å². The third-order valence-electron chi connectivity index (χ3n) is 2.80. The maximum atomic E-state index is 12.8. The summed E-state index contributed by atoms with van der Waals surface area (Å²) in [5.74, 6) is -0.207. The van der Waals surface area contributed by atoms with Crippen LogP contribution in [0.1, 0.15) is 15.8 Å². The third-order valence-corrected chi connectivity index (χ3v) is 5.52. The molecule has 0 saturated carbocycles. The zero-order chi connectivity index (χ0) is 12.5. The van der Waals surface area contributed by atoms with E-state index in [1.807, 2.05) is 0 Å². The fourth-order valence-corrected chi connectivity index (χ4v) is 4.34. The Hall–Kier alpha value is -0.900. The van der Waals surface area contributed by atoms with Crippen LogP contribution in [0.25, 0.3) is 9.40 Å². The Bertz CT molecular complexity index is 625. The van der Waals surface area contributed by atoms with E-state index < -0.39 is 0 Å². The molecule has 0 aliphatic carbocycles. The van der Waals surface area contributed by atoms with E-state index in [1.165, 1.54) is 26.4 Å². The monoisotopic (exact) mass is 296 g/mol. The van der Waals surface area contributed by atoms with Gasteiger partial charge in [0.1, 0.15) is 5.82 Å². The third kappa shape index (κ3) is 2.44. The van der Waals surface area contributed by atoms with Gasteiger partial charge in [0.2, 0.25) is 0 Å². The molecule has 3 rings (SSSR count). The Morgan fingerprint density at radius 3 is 2.61 bits per heavy atom. The van der Waals surface area contributed by atoms with E-state index >= 15 is 0 Å². The number of hydrogen-bond acceptors (Lipinski definition) is 2. The number of fused-ring (bicyclic) bond motifs is 1. The van der Waals surface area contributed by atoms with Gasteiger partial charge in [-0.3, -0.25) is 0 Å². The molecule has 0 saturated heterocycles. The van der Waals surface area contributed by atoms with Crippen molar-refractivity contribution in [2.24, 2.45) is 0 Å². The smallest absolute Gasteiger partial charge is 0.123 e. The summed E-state index contributed by atoms with van der Waals surface area (Å²) >= 11 is 9.91. The molecule has 18 heavy (non-hydrogen) atoms. The predicted molar refractivity (Wildman–Crippen MR) is 78.4 cm³/mol. The van der Waals surface area contributed by atoms with Crippen LogP contribution in [0.15, 0.2) is 41.8 Å². The van der Waals surface area contributed by atoms with Gasteiger partial charge in [-0.15, -0.1) is 34.3 Å². The number of halogens is 2. The molecule has 0 amide bonds. The summed E-state index contributed by atoms with van der Waals surface area (Å²) in [6.45, 7) is 0. The maximum absolute atomic E-state index is 12.8. The van der Waals surface area contributed by atoms with Crippen LogP contribution < -0.4 is 0 Å². The van der Waals surface area contributed by atoms with Crippen molar-refractivity contribution in [3.05, 3.63) is 58.0 Å². The Balaban J connectivity index is 1.80. The van der Waals surface area contributed by atoms with E-state index in [9.17, 15) is 4.39 Å². The summed E-state index contributed by atoms with van der Waals surface area (Å²) < 4.78 is 15.4. The van der Waals surface area contributed by atoms with Crippen molar-refractivity contribution >= 4 is 43.7 Å². The van der Waals surface area contributed by atoms with Crippen LogP contribution >= 0.6 is 34.3 Å². The second kappa shape index (κ2) is 5.00. The van der Waals surface area contributed by atoms with Gasteiger partial charge in [0.25, 0.3) is 0 Å². The Labute approximate surface area is 118 Å². The van der Waals surface area contributed by atoms with Gasteiger partial charge >= 0.3 is 0 Å². The molecule has 0 N–H and O–H groups in total. The fourth-order valence-electron chi connectivity index (χ4n) is 1.87. The van der Waals surface area contributed by atoms with Gasteiger partial charge in [0.05, 0.1) is 5.38 Å². The topological polar surface area (TPSA) is 0 Å². The van der Waals surface area contributed by atoms with Crippen molar-refractivity contribution in [3.63, 3.8) is 0 Å². The minimum Gasteiger partial charge on any atom is -0.207 e. The molecule has 1 atom stereocenters. The highest BCUT2D eigenvalue weighted by Crippen LogP contribution is 2.37. The maximum Gasteiger partial charge on any atom is 0.123 e. The summed E-state index contributed by atoms with van der Waals surface area (Å²) in [5.41, 5.74) is 1.06. The van der Waals surface area contributed by atoms with Gasteiger partial charge in [0.15, 0.2) is 0 Å². The molecule has 1 aromatic carbocycles. The Morgan fingerprint density at radius 1 is 1.11 bits per heavy atom. The molecule has 0 nitrogen and oxygen atoms in total. The van der Waals surface area contributed by atoms with Crippen LogP contribution in [0, 0.1) is 5.82 Å². The van der Waals surface area contributed by atoms with Crippen molar-refractivity contribution in [2.45, 2.75) is 11.8 Å². The first-order valence-electron chi connectivity index (χ1n) is 5.58. The lowest BCUT2D eigenvalue weighted by atomic mass is 10.1. The minimum atomic E-state index is -0.207. The van der Waals surface area contributed by atoms with Gasteiger partial charge < -0.3 is 0 Å². The quantitative estimate of drug-likeness (QED) is 0.550. The van der Waals surface area contributed by atoms with Crippen LogP contribution in [0.5, 0.6) is 0 Å². The largest absolute Gasteiger partial charge is 0.207 e. The first kappa shape index (κ1) is 12.2. The van der Waals surface area contributed by atoms with E-state index in [1.54, 1.807) is 34.8 Å². The van der Waals surface area contributed by atoms with E-state index in [4.69, 9.17) is 11.6 Å². The van der Waals surface area contributed by atoms with E-state index in [2.05, 4.69) is 17.5 Å². The van der Waals surface area contributed by atoms with Crippen LogP contribution in [0.2, 0.25) is 0 Å². The molecule has 0 fully saturated rings. The number of thiophene rings is 2. The zero-order valence-corrected chi connectivity index (χ0v) is 11.8. The molecule has 2 aromatic heterocycles. The minimum absolute atomic E-state index is 0.0416. The Morgan fingerprint density at radius 2 is 1.89 bits per heavy atom. The van der Waals surface area contributed by atoms with Gasteiger partial charge in [-0.25, -0.2) is 4.39 Å². The van der Waals surface area contributed by atoms with Gasteiger partial charge in [-0.2, -0.15) is 0 Å². The molecule has 0 spiro atoms. The van der Waals surface area contributed by atoms with Gasteiger partial charge in [-0.05, 0) is 41.6 Å². The molecule has 0 radical (unpaired) electrons. The average Bonchev–Trinajstić information content (AvgIpc) is 2.92. The van der Waals surface area contributed by atoms with Crippen LogP contribution in [-0.2, 0) is 6.42 Å². The number of benzene rings is 1. The lowest BCUT2D eigenvalue weighted by molar-refractivity contribution is 0.627. The van der Waals surface area contributed by atoms with E-state index in [0.717, 1.165) is 12.0 Å². The lowest BCUT2D eigenvalue weighted by Crippen LogP contribution is -1.93. The molecule has 2 heterocycles. The van der Waals surface area contributed by atoms with Crippen LogP contribution in [0.3, 0.4) is 0 Å². The molecule has 0 aliphatic rings. The molecule has 3 aromatic rings. The first-order chi connectivity index (χ1) is 8.72. The Kier molecular flexibility index (Phi) is 3.37. The number of hydrogen-bond donors (Lipinski definition) is 0. The van der Waals surface area contributed by atoms with Gasteiger partial charge in [-0.1, -0.05) is 12.1 Å². The summed E-state index contributed by atoms with van der Waals surface area (Å²) in [6, 6.07) is 10.8. The predicted octanol–water partition coefficient (Wildman–Crippen LogP) is 5.62. The highest BCUT2D eigenvalue weighted by Gasteiger charge is 2.13. The van der Waals surface area contributed by atoms with E-state index in [0.29, 0.717) is 0 Å². The van der Waals surface area contributed by atoms with Crippen molar-refractivity contribution in [1.82, 2.24) is 0 Å². The van der Waals surface area contributed by atoms with Crippen LogP contribution in [0.4, 0.5) is 4.39 Å². The summed E-state index contributed by atoms with van der Waals surface area (Å²) in [5, 5.41) is 2.05. The highest BCUT2D eigenvalue weighted by molar-refractivity contribution is 7.27. The molecular formula is C14H10ClFS2. The second-order valence-corrected chi connectivity index (χ2v) is 6.69. The SMILES string of the molecule is Fc1ccc(CC(Cl)c2cc3sccc3s2)cc1. The molecule has 4 heteroatoms. The normalized spacial score (nSPS) is 13.0.